The second kappa shape index (κ2) is 18.1. The lowest BCUT2D eigenvalue weighted by atomic mass is 9.80. The van der Waals surface area contributed by atoms with Crippen molar-refractivity contribution in [2.75, 3.05) is 34.5 Å². The van der Waals surface area contributed by atoms with Crippen LogP contribution in [-0.2, 0) is 20.7 Å². The smallest absolute Gasteiger partial charge is 0.223 e. The van der Waals surface area contributed by atoms with Gasteiger partial charge >= 0.3 is 0 Å². The first kappa shape index (κ1) is 34.7. The van der Waals surface area contributed by atoms with Crippen LogP contribution in [0.2, 0.25) is 0 Å². The Kier molecular flexibility index (Phi) is 16.1. The number of hydrogen-bond donors (Lipinski definition) is 4. The number of benzene rings is 1. The monoisotopic (exact) mass is 551 g/mol. The Balaban J connectivity index is 2.85. The molecule has 0 aliphatic heterocycles. The molecule has 9 nitrogen and oxygen atoms in total. The van der Waals surface area contributed by atoms with Gasteiger partial charge in [0.1, 0.15) is 0 Å². The molecule has 0 bridgehead atoms. The molecule has 2 amide bonds. The molecule has 0 fully saturated rings. The Morgan fingerprint density at radius 2 is 1.69 bits per heavy atom. The van der Waals surface area contributed by atoms with Crippen molar-refractivity contribution in [2.45, 2.75) is 84.9 Å². The number of aliphatic hydroxyl groups excluding tert-OH is 1. The molecule has 0 saturated heterocycles. The van der Waals surface area contributed by atoms with Gasteiger partial charge < -0.3 is 35.7 Å². The van der Waals surface area contributed by atoms with Gasteiger partial charge in [-0.15, -0.1) is 0 Å². The van der Waals surface area contributed by atoms with Gasteiger partial charge in [-0.05, 0) is 61.6 Å². The third-order valence-corrected chi connectivity index (χ3v) is 7.28. The molecule has 1 aromatic carbocycles. The van der Waals surface area contributed by atoms with Gasteiger partial charge in [0.25, 0.3) is 0 Å². The van der Waals surface area contributed by atoms with E-state index in [0.717, 1.165) is 18.4 Å². The van der Waals surface area contributed by atoms with E-state index in [1.165, 1.54) is 0 Å². The number of nitrogens with two attached hydrogens (primary N) is 1. The third-order valence-electron chi connectivity index (χ3n) is 7.28. The quantitative estimate of drug-likeness (QED) is 0.194. The molecule has 0 heterocycles. The first-order valence-corrected chi connectivity index (χ1v) is 14.2. The molecule has 1 aromatic rings. The molecule has 0 aliphatic rings. The largest absolute Gasteiger partial charge is 0.493 e. The van der Waals surface area contributed by atoms with Gasteiger partial charge in [0.15, 0.2) is 11.5 Å². The van der Waals surface area contributed by atoms with Gasteiger partial charge in [0.2, 0.25) is 11.8 Å². The molecule has 5 atom stereocenters. The van der Waals surface area contributed by atoms with E-state index in [0.29, 0.717) is 37.1 Å². The Bertz CT molecular complexity index is 863. The molecule has 0 radical (unpaired) electrons. The third kappa shape index (κ3) is 12.6. The summed E-state index contributed by atoms with van der Waals surface area (Å²) in [5, 5.41) is 16.5. The van der Waals surface area contributed by atoms with E-state index in [1.807, 2.05) is 32.0 Å². The van der Waals surface area contributed by atoms with E-state index in [4.69, 9.17) is 19.9 Å². The summed E-state index contributed by atoms with van der Waals surface area (Å²) in [6.07, 6.45) is 1.83. The van der Waals surface area contributed by atoms with Crippen molar-refractivity contribution in [3.05, 3.63) is 23.8 Å². The molecule has 0 aromatic heterocycles. The van der Waals surface area contributed by atoms with E-state index in [2.05, 4.69) is 24.5 Å². The van der Waals surface area contributed by atoms with Crippen LogP contribution in [0.1, 0.15) is 65.9 Å². The molecular weight excluding hydrogens is 498 g/mol. The highest BCUT2D eigenvalue weighted by molar-refractivity contribution is 5.81. The second-order valence-corrected chi connectivity index (χ2v) is 11.2. The number of hydrogen-bond acceptors (Lipinski definition) is 7. The van der Waals surface area contributed by atoms with Gasteiger partial charge in [0, 0.05) is 51.6 Å². The van der Waals surface area contributed by atoms with Crippen LogP contribution in [-0.4, -0.2) is 69.6 Å². The normalized spacial score (nSPS) is 15.4. The van der Waals surface area contributed by atoms with Crippen molar-refractivity contribution < 1.29 is 28.9 Å². The van der Waals surface area contributed by atoms with Gasteiger partial charge in [0.05, 0.1) is 19.8 Å². The number of ether oxygens (including phenoxy) is 3. The summed E-state index contributed by atoms with van der Waals surface area (Å²) in [7, 11) is 4.87. The topological polar surface area (TPSA) is 132 Å². The van der Waals surface area contributed by atoms with Gasteiger partial charge in [-0.1, -0.05) is 33.8 Å². The van der Waals surface area contributed by atoms with E-state index >= 15 is 0 Å². The van der Waals surface area contributed by atoms with Crippen molar-refractivity contribution in [1.29, 1.82) is 0 Å². The first-order chi connectivity index (χ1) is 18.4. The van der Waals surface area contributed by atoms with E-state index in [1.54, 1.807) is 28.2 Å². The lowest BCUT2D eigenvalue weighted by Gasteiger charge is -2.30. The summed E-state index contributed by atoms with van der Waals surface area (Å²) in [6.45, 7) is 11.2. The number of carbonyl (C=O) groups is 2. The summed E-state index contributed by atoms with van der Waals surface area (Å²) in [5.41, 5.74) is 7.64. The van der Waals surface area contributed by atoms with E-state index in [9.17, 15) is 14.7 Å². The molecular formula is C30H53N3O6. The Morgan fingerprint density at radius 1 is 1.00 bits per heavy atom. The van der Waals surface area contributed by atoms with E-state index < -0.39 is 18.1 Å². The van der Waals surface area contributed by atoms with Crippen molar-refractivity contribution in [1.82, 2.24) is 10.6 Å². The molecule has 1 rings (SSSR count). The minimum Gasteiger partial charge on any atom is -0.493 e. The number of aliphatic hydroxyl groups is 1. The maximum Gasteiger partial charge on any atom is 0.223 e. The summed E-state index contributed by atoms with van der Waals surface area (Å²) in [6, 6.07) is 5.20. The fourth-order valence-electron chi connectivity index (χ4n) is 4.64. The Hall–Kier alpha value is -2.36. The SMILES string of the molecule is CNC(=O)CC(C)NC(=O)[C@@H](C[C@H](O)[C@@H](N)C[C@H](Cc1ccc(OC)c(OCCCOC)c1)C(C)C)C(C)C. The number of carbonyl (C=O) groups excluding carboxylic acids is 2. The molecule has 9 heteroatoms. The van der Waals surface area contributed by atoms with Crippen molar-refractivity contribution in [3.8, 4) is 11.5 Å². The minimum atomic E-state index is -0.825. The van der Waals surface area contributed by atoms with Crippen LogP contribution < -0.4 is 25.8 Å². The molecule has 1 unspecified atom stereocenters. The van der Waals surface area contributed by atoms with Gasteiger partial charge in [-0.25, -0.2) is 0 Å². The summed E-state index contributed by atoms with van der Waals surface area (Å²) in [4.78, 5) is 24.6. The minimum absolute atomic E-state index is 0.0153. The number of amides is 2. The summed E-state index contributed by atoms with van der Waals surface area (Å²) in [5.74, 6) is 1.27. The molecule has 5 N–H and O–H groups in total. The lowest BCUT2D eigenvalue weighted by Crippen LogP contribution is -2.45. The Labute approximate surface area is 235 Å². The Morgan fingerprint density at radius 3 is 2.26 bits per heavy atom. The highest BCUT2D eigenvalue weighted by Gasteiger charge is 2.30. The van der Waals surface area contributed by atoms with E-state index in [-0.39, 0.29) is 42.5 Å². The van der Waals surface area contributed by atoms with Gasteiger partial charge in [-0.3, -0.25) is 9.59 Å². The van der Waals surface area contributed by atoms with Crippen LogP contribution >= 0.6 is 0 Å². The molecule has 0 saturated carbocycles. The summed E-state index contributed by atoms with van der Waals surface area (Å²) < 4.78 is 16.5. The molecule has 224 valence electrons. The van der Waals surface area contributed by atoms with Gasteiger partial charge in [-0.2, -0.15) is 0 Å². The number of methoxy groups -OCH3 is 2. The summed E-state index contributed by atoms with van der Waals surface area (Å²) >= 11 is 0. The fraction of sp³-hybridized carbons (Fsp3) is 0.733. The number of rotatable bonds is 19. The van der Waals surface area contributed by atoms with Crippen LogP contribution in [0.5, 0.6) is 11.5 Å². The van der Waals surface area contributed by atoms with Crippen molar-refractivity contribution in [2.24, 2.45) is 29.4 Å². The average molecular weight is 552 g/mol. The maximum atomic E-state index is 13.0. The lowest BCUT2D eigenvalue weighted by molar-refractivity contribution is -0.128. The predicted octanol–water partition coefficient (Wildman–Crippen LogP) is 3.31. The maximum absolute atomic E-state index is 13.0. The van der Waals surface area contributed by atoms with Crippen molar-refractivity contribution in [3.63, 3.8) is 0 Å². The van der Waals surface area contributed by atoms with Crippen LogP contribution in [0.25, 0.3) is 0 Å². The number of nitrogens with one attached hydrogen (secondary N) is 2. The second-order valence-electron chi connectivity index (χ2n) is 11.2. The van der Waals surface area contributed by atoms with Crippen LogP contribution in [0.15, 0.2) is 18.2 Å². The molecule has 0 aliphatic carbocycles. The van der Waals surface area contributed by atoms with Crippen molar-refractivity contribution >= 4 is 11.8 Å². The molecule has 0 spiro atoms. The zero-order valence-electron chi connectivity index (χ0n) is 25.3. The van der Waals surface area contributed by atoms with Crippen LogP contribution in [0.4, 0.5) is 0 Å². The predicted molar refractivity (Wildman–Crippen MR) is 155 cm³/mol. The van der Waals surface area contributed by atoms with Crippen LogP contribution in [0.3, 0.4) is 0 Å². The zero-order valence-corrected chi connectivity index (χ0v) is 25.3. The fourth-order valence-corrected chi connectivity index (χ4v) is 4.64. The first-order valence-electron chi connectivity index (χ1n) is 14.2. The zero-order chi connectivity index (χ0) is 29.5. The molecule has 39 heavy (non-hydrogen) atoms. The highest BCUT2D eigenvalue weighted by Crippen LogP contribution is 2.31. The highest BCUT2D eigenvalue weighted by atomic mass is 16.5. The standard InChI is InChI=1S/C30H53N3O6/c1-19(2)23(15-22-10-11-27(38-8)28(16-22)39-13-9-12-37-7)17-25(31)26(34)18-24(20(3)4)30(36)33-21(5)14-29(35)32-6/h10-11,16,19-21,23-26,34H,9,12-15,17-18,31H2,1-8H3,(H,32,35)(H,33,36)/t21?,23-,24-,25-,26-/m0/s1. The van der Waals surface area contributed by atoms with Crippen LogP contribution in [0, 0.1) is 23.7 Å². The average Bonchev–Trinajstić information content (AvgIpc) is 2.88.